The van der Waals surface area contributed by atoms with Crippen LogP contribution in [-0.2, 0) is 11.3 Å². The normalized spacial score (nSPS) is 12.1. The maximum absolute atomic E-state index is 11.9. The van der Waals surface area contributed by atoms with Crippen LogP contribution in [0.25, 0.3) is 0 Å². The smallest absolute Gasteiger partial charge is 0.239 e. The average Bonchev–Trinajstić information content (AvgIpc) is 2.43. The molecule has 1 unspecified atom stereocenters. The Bertz CT molecular complexity index is 437. The second-order valence-corrected chi connectivity index (χ2v) is 4.83. The molecular weight excluding hydrogens is 264 g/mol. The molecule has 0 aliphatic carbocycles. The lowest BCUT2D eigenvalue weighted by Gasteiger charge is -2.20. The summed E-state index contributed by atoms with van der Waals surface area (Å²) in [6.07, 6.45) is 0. The number of nitrogens with one attached hydrogen (secondary N) is 1. The molecule has 0 aliphatic heterocycles. The predicted molar refractivity (Wildman–Crippen MR) is 77.6 cm³/mol. The second kappa shape index (κ2) is 7.36. The fraction of sp³-hybridized carbons (Fsp3) is 0.500. The summed E-state index contributed by atoms with van der Waals surface area (Å²) in [5.41, 5.74) is 1.02. The maximum atomic E-state index is 11.9. The van der Waals surface area contributed by atoms with E-state index in [1.165, 1.54) is 0 Å². The van der Waals surface area contributed by atoms with Crippen molar-refractivity contribution in [1.29, 1.82) is 0 Å². The van der Waals surface area contributed by atoms with Crippen molar-refractivity contribution in [3.63, 3.8) is 0 Å². The summed E-state index contributed by atoms with van der Waals surface area (Å²) in [5.74, 6) is 0.738. The lowest BCUT2D eigenvalue weighted by molar-refractivity contribution is -0.131. The number of halogens is 1. The first-order valence-electron chi connectivity index (χ1n) is 6.30. The van der Waals surface area contributed by atoms with Gasteiger partial charge in [-0.2, -0.15) is 0 Å². The predicted octanol–water partition coefficient (Wildman–Crippen LogP) is 2.30. The highest BCUT2D eigenvalue weighted by atomic mass is 35.5. The topological polar surface area (TPSA) is 41.6 Å². The van der Waals surface area contributed by atoms with Crippen LogP contribution >= 0.6 is 11.6 Å². The van der Waals surface area contributed by atoms with Crippen molar-refractivity contribution >= 4 is 17.5 Å². The molecule has 0 aromatic heterocycles. The molecule has 0 fully saturated rings. The molecule has 5 heteroatoms. The number of rotatable bonds is 6. The van der Waals surface area contributed by atoms with E-state index in [0.29, 0.717) is 23.9 Å². The van der Waals surface area contributed by atoms with E-state index in [2.05, 4.69) is 5.32 Å². The van der Waals surface area contributed by atoms with Gasteiger partial charge < -0.3 is 15.0 Å². The van der Waals surface area contributed by atoms with Crippen LogP contribution in [-0.4, -0.2) is 37.6 Å². The van der Waals surface area contributed by atoms with Gasteiger partial charge in [-0.25, -0.2) is 0 Å². The fourth-order valence-corrected chi connectivity index (χ4v) is 1.94. The number of nitrogens with zero attached hydrogens (tertiary/aromatic N) is 1. The number of carbonyl (C=O) groups excluding carboxylic acids is 1. The monoisotopic (exact) mass is 284 g/mol. The molecule has 106 valence electrons. The number of likely N-dealkylation sites (N-methyl/N-ethyl adjacent to an activating group) is 1. The molecule has 0 bridgehead atoms. The minimum absolute atomic E-state index is 0.0853. The summed E-state index contributed by atoms with van der Waals surface area (Å²) >= 11 is 6.05. The van der Waals surface area contributed by atoms with Crippen LogP contribution in [0, 0.1) is 0 Å². The van der Waals surface area contributed by atoms with Crippen LogP contribution in [0.4, 0.5) is 0 Å². The Hall–Kier alpha value is -1.26. The van der Waals surface area contributed by atoms with E-state index in [0.717, 1.165) is 5.56 Å². The zero-order chi connectivity index (χ0) is 14.4. The Morgan fingerprint density at radius 3 is 2.74 bits per heavy atom. The Kier molecular flexibility index (Phi) is 6.12. The lowest BCUT2D eigenvalue weighted by atomic mass is 10.2. The lowest BCUT2D eigenvalue weighted by Crippen LogP contribution is -2.42. The van der Waals surface area contributed by atoms with Gasteiger partial charge in [-0.15, -0.1) is 0 Å². The third kappa shape index (κ3) is 4.40. The number of benzene rings is 1. The van der Waals surface area contributed by atoms with Gasteiger partial charge in [-0.05, 0) is 31.5 Å². The van der Waals surface area contributed by atoms with E-state index in [9.17, 15) is 4.79 Å². The van der Waals surface area contributed by atoms with E-state index >= 15 is 0 Å². The molecule has 0 radical (unpaired) electrons. The van der Waals surface area contributed by atoms with Crippen molar-refractivity contribution in [2.75, 3.05) is 20.7 Å². The molecule has 0 saturated carbocycles. The van der Waals surface area contributed by atoms with E-state index < -0.39 is 0 Å². The Balaban J connectivity index is 2.57. The van der Waals surface area contributed by atoms with Gasteiger partial charge in [0.2, 0.25) is 5.91 Å². The maximum Gasteiger partial charge on any atom is 0.239 e. The highest BCUT2D eigenvalue weighted by molar-refractivity contribution is 6.32. The van der Waals surface area contributed by atoms with Gasteiger partial charge in [0.05, 0.1) is 18.2 Å². The number of hydrogen-bond donors (Lipinski definition) is 1. The summed E-state index contributed by atoms with van der Waals surface area (Å²) in [6, 6.07) is 5.38. The molecule has 1 aromatic rings. The van der Waals surface area contributed by atoms with Crippen molar-refractivity contribution in [3.8, 4) is 5.75 Å². The molecule has 0 aliphatic rings. The summed E-state index contributed by atoms with van der Waals surface area (Å²) in [5, 5.41) is 3.76. The minimum atomic E-state index is -0.217. The molecule has 1 atom stereocenters. The molecule has 1 amide bonds. The molecule has 1 aromatic carbocycles. The van der Waals surface area contributed by atoms with Gasteiger partial charge in [0, 0.05) is 20.1 Å². The van der Waals surface area contributed by atoms with Crippen LogP contribution in [0.5, 0.6) is 5.75 Å². The summed E-state index contributed by atoms with van der Waals surface area (Å²) in [7, 11) is 3.38. The molecule has 4 nitrogen and oxygen atoms in total. The Labute approximate surface area is 119 Å². The number of hydrogen-bond acceptors (Lipinski definition) is 3. The van der Waals surface area contributed by atoms with Crippen molar-refractivity contribution in [1.82, 2.24) is 10.2 Å². The number of carbonyl (C=O) groups is 1. The van der Waals surface area contributed by atoms with Gasteiger partial charge in [0.1, 0.15) is 5.75 Å². The Morgan fingerprint density at radius 1 is 1.53 bits per heavy atom. The molecule has 1 rings (SSSR count). The first kappa shape index (κ1) is 15.8. The van der Waals surface area contributed by atoms with Gasteiger partial charge in [0.15, 0.2) is 0 Å². The van der Waals surface area contributed by atoms with Crippen molar-refractivity contribution in [2.24, 2.45) is 0 Å². The molecule has 0 spiro atoms. The van der Waals surface area contributed by atoms with Crippen LogP contribution in [0.1, 0.15) is 19.4 Å². The number of ether oxygens (including phenoxy) is 1. The first-order chi connectivity index (χ1) is 8.99. The number of amides is 1. The standard InChI is InChI=1S/C14H21ClN2O2/c1-5-17(3)14(18)10(2)16-9-11-6-7-13(19-4)12(15)8-11/h6-8,10,16H,5,9H2,1-4H3. The zero-order valence-electron chi connectivity index (χ0n) is 11.9. The van der Waals surface area contributed by atoms with E-state index in [1.54, 1.807) is 19.1 Å². The summed E-state index contributed by atoms with van der Waals surface area (Å²) < 4.78 is 5.10. The third-order valence-electron chi connectivity index (χ3n) is 3.05. The highest BCUT2D eigenvalue weighted by Gasteiger charge is 2.15. The average molecular weight is 285 g/mol. The number of methoxy groups -OCH3 is 1. The summed E-state index contributed by atoms with van der Waals surface area (Å²) in [4.78, 5) is 13.6. The molecule has 1 N–H and O–H groups in total. The van der Waals surface area contributed by atoms with Crippen LogP contribution in [0.3, 0.4) is 0 Å². The highest BCUT2D eigenvalue weighted by Crippen LogP contribution is 2.24. The molecule has 19 heavy (non-hydrogen) atoms. The van der Waals surface area contributed by atoms with Gasteiger partial charge in [0.25, 0.3) is 0 Å². The van der Waals surface area contributed by atoms with Crippen LogP contribution in [0.15, 0.2) is 18.2 Å². The molecular formula is C14H21ClN2O2. The SMILES string of the molecule is CCN(C)C(=O)C(C)NCc1ccc(OC)c(Cl)c1. The van der Waals surface area contributed by atoms with Crippen molar-refractivity contribution in [2.45, 2.75) is 26.4 Å². The minimum Gasteiger partial charge on any atom is -0.495 e. The molecule has 0 saturated heterocycles. The van der Waals surface area contributed by atoms with E-state index in [1.807, 2.05) is 32.0 Å². The first-order valence-corrected chi connectivity index (χ1v) is 6.68. The van der Waals surface area contributed by atoms with Crippen molar-refractivity contribution < 1.29 is 9.53 Å². The Morgan fingerprint density at radius 2 is 2.21 bits per heavy atom. The van der Waals surface area contributed by atoms with Crippen molar-refractivity contribution in [3.05, 3.63) is 28.8 Å². The largest absolute Gasteiger partial charge is 0.495 e. The van der Waals surface area contributed by atoms with Crippen LogP contribution in [0.2, 0.25) is 5.02 Å². The summed E-state index contributed by atoms with van der Waals surface area (Å²) in [6.45, 7) is 5.11. The molecule has 0 heterocycles. The van der Waals surface area contributed by atoms with E-state index in [4.69, 9.17) is 16.3 Å². The second-order valence-electron chi connectivity index (χ2n) is 4.42. The fourth-order valence-electron chi connectivity index (χ4n) is 1.66. The van der Waals surface area contributed by atoms with Gasteiger partial charge in [-0.1, -0.05) is 17.7 Å². The third-order valence-corrected chi connectivity index (χ3v) is 3.34. The van der Waals surface area contributed by atoms with Gasteiger partial charge >= 0.3 is 0 Å². The van der Waals surface area contributed by atoms with E-state index in [-0.39, 0.29) is 11.9 Å². The zero-order valence-corrected chi connectivity index (χ0v) is 12.6. The van der Waals surface area contributed by atoms with Gasteiger partial charge in [-0.3, -0.25) is 4.79 Å². The quantitative estimate of drug-likeness (QED) is 0.872. The van der Waals surface area contributed by atoms with Crippen LogP contribution < -0.4 is 10.1 Å².